The van der Waals surface area contributed by atoms with E-state index in [1.165, 1.54) is 4.90 Å². The third-order valence-corrected chi connectivity index (χ3v) is 3.63. The number of carbonyl (C=O) groups is 1. The SMILES string of the molecule is CCCN(CCF)C(=O)[C@@H](N)C(C)c1ccc(Cl)cc1. The maximum Gasteiger partial charge on any atom is 0.240 e. The molecular formula is C15H22ClFN2O. The van der Waals surface area contributed by atoms with Crippen LogP contribution in [0, 0.1) is 0 Å². The number of alkyl halides is 1. The summed E-state index contributed by atoms with van der Waals surface area (Å²) in [7, 11) is 0. The van der Waals surface area contributed by atoms with Crippen LogP contribution in [0.4, 0.5) is 4.39 Å². The Morgan fingerprint density at radius 2 is 1.95 bits per heavy atom. The predicted molar refractivity (Wildman–Crippen MR) is 80.7 cm³/mol. The number of halogens is 2. The maximum atomic E-state index is 12.5. The van der Waals surface area contributed by atoms with E-state index in [-0.39, 0.29) is 18.4 Å². The largest absolute Gasteiger partial charge is 0.339 e. The van der Waals surface area contributed by atoms with E-state index in [9.17, 15) is 9.18 Å². The first-order valence-corrected chi connectivity index (χ1v) is 7.24. The second kappa shape index (κ2) is 8.22. The summed E-state index contributed by atoms with van der Waals surface area (Å²) in [6.07, 6.45) is 0.786. The molecule has 0 aliphatic carbocycles. The van der Waals surface area contributed by atoms with Crippen LogP contribution in [-0.2, 0) is 4.79 Å². The van der Waals surface area contributed by atoms with Crippen molar-refractivity contribution in [1.29, 1.82) is 0 Å². The minimum absolute atomic E-state index is 0.105. The van der Waals surface area contributed by atoms with Gasteiger partial charge < -0.3 is 10.6 Å². The normalized spacial score (nSPS) is 13.8. The highest BCUT2D eigenvalue weighted by Crippen LogP contribution is 2.21. The zero-order valence-electron chi connectivity index (χ0n) is 12.0. The molecule has 0 spiro atoms. The lowest BCUT2D eigenvalue weighted by molar-refractivity contribution is -0.133. The molecule has 2 N–H and O–H groups in total. The quantitative estimate of drug-likeness (QED) is 0.841. The molecule has 0 aromatic heterocycles. The van der Waals surface area contributed by atoms with E-state index < -0.39 is 12.7 Å². The van der Waals surface area contributed by atoms with Gasteiger partial charge in [-0.3, -0.25) is 4.79 Å². The number of hydrogen-bond donors (Lipinski definition) is 1. The van der Waals surface area contributed by atoms with Crippen molar-refractivity contribution in [3.63, 3.8) is 0 Å². The maximum absolute atomic E-state index is 12.5. The van der Waals surface area contributed by atoms with Crippen molar-refractivity contribution >= 4 is 17.5 Å². The third-order valence-electron chi connectivity index (χ3n) is 3.38. The molecule has 3 nitrogen and oxygen atoms in total. The van der Waals surface area contributed by atoms with Gasteiger partial charge in [0, 0.05) is 24.0 Å². The Labute approximate surface area is 124 Å². The first kappa shape index (κ1) is 16.9. The highest BCUT2D eigenvalue weighted by Gasteiger charge is 2.26. The van der Waals surface area contributed by atoms with Crippen molar-refractivity contribution < 1.29 is 9.18 Å². The molecule has 2 atom stereocenters. The summed E-state index contributed by atoms with van der Waals surface area (Å²) >= 11 is 5.84. The van der Waals surface area contributed by atoms with Gasteiger partial charge in [0.25, 0.3) is 0 Å². The second-order valence-electron chi connectivity index (χ2n) is 4.88. The van der Waals surface area contributed by atoms with Gasteiger partial charge >= 0.3 is 0 Å². The minimum atomic E-state index is -0.672. The fourth-order valence-electron chi connectivity index (χ4n) is 2.10. The van der Waals surface area contributed by atoms with Crippen molar-refractivity contribution in [3.05, 3.63) is 34.9 Å². The van der Waals surface area contributed by atoms with E-state index in [2.05, 4.69) is 0 Å². The van der Waals surface area contributed by atoms with Gasteiger partial charge in [-0.05, 0) is 24.1 Å². The van der Waals surface area contributed by atoms with Crippen molar-refractivity contribution in [1.82, 2.24) is 4.90 Å². The Balaban J connectivity index is 2.78. The lowest BCUT2D eigenvalue weighted by Crippen LogP contribution is -2.47. The van der Waals surface area contributed by atoms with Gasteiger partial charge in [0.05, 0.1) is 6.04 Å². The zero-order valence-corrected chi connectivity index (χ0v) is 12.7. The van der Waals surface area contributed by atoms with E-state index in [4.69, 9.17) is 17.3 Å². The summed E-state index contributed by atoms with van der Waals surface area (Å²) < 4.78 is 12.5. The molecule has 0 aliphatic rings. The molecule has 112 valence electrons. The fraction of sp³-hybridized carbons (Fsp3) is 0.533. The first-order valence-electron chi connectivity index (χ1n) is 6.87. The molecule has 20 heavy (non-hydrogen) atoms. The van der Waals surface area contributed by atoms with Gasteiger partial charge in [0.15, 0.2) is 0 Å². The van der Waals surface area contributed by atoms with Crippen LogP contribution in [-0.4, -0.2) is 36.6 Å². The summed E-state index contributed by atoms with van der Waals surface area (Å²) in [4.78, 5) is 13.8. The standard InChI is InChI=1S/C15H22ClFN2O/c1-3-9-19(10-8-17)15(20)14(18)11(2)12-4-6-13(16)7-5-12/h4-7,11,14H,3,8-10,18H2,1-2H3/t11?,14-/m0/s1. The number of nitrogens with two attached hydrogens (primary N) is 1. The number of amides is 1. The predicted octanol–water partition coefficient (Wildman–Crippen LogP) is 2.98. The molecule has 0 fully saturated rings. The Morgan fingerprint density at radius 1 is 1.35 bits per heavy atom. The van der Waals surface area contributed by atoms with E-state index in [1.807, 2.05) is 26.0 Å². The Kier molecular flexibility index (Phi) is 6.96. The van der Waals surface area contributed by atoms with E-state index in [0.29, 0.717) is 11.6 Å². The van der Waals surface area contributed by atoms with E-state index in [1.54, 1.807) is 12.1 Å². The third kappa shape index (κ3) is 4.46. The second-order valence-corrected chi connectivity index (χ2v) is 5.32. The fourth-order valence-corrected chi connectivity index (χ4v) is 2.23. The summed E-state index contributed by atoms with van der Waals surface area (Å²) in [5, 5.41) is 0.644. The van der Waals surface area contributed by atoms with Crippen molar-refractivity contribution in [2.24, 2.45) is 5.73 Å². The molecule has 0 bridgehead atoms. The molecule has 0 saturated heterocycles. The van der Waals surface area contributed by atoms with Crippen molar-refractivity contribution in [2.75, 3.05) is 19.8 Å². The molecule has 1 unspecified atom stereocenters. The lowest BCUT2D eigenvalue weighted by atomic mass is 9.93. The topological polar surface area (TPSA) is 46.3 Å². The van der Waals surface area contributed by atoms with E-state index >= 15 is 0 Å². The summed E-state index contributed by atoms with van der Waals surface area (Å²) in [6, 6.07) is 6.60. The van der Waals surface area contributed by atoms with Gasteiger partial charge in [-0.1, -0.05) is 37.6 Å². The lowest BCUT2D eigenvalue weighted by Gasteiger charge is -2.27. The Hall–Kier alpha value is -1.13. The number of benzene rings is 1. The van der Waals surface area contributed by atoms with Gasteiger partial charge in [0.2, 0.25) is 5.91 Å². The molecule has 1 aromatic rings. The van der Waals surface area contributed by atoms with Gasteiger partial charge in [0.1, 0.15) is 6.67 Å². The molecule has 5 heteroatoms. The van der Waals surface area contributed by atoms with Crippen LogP contribution in [0.5, 0.6) is 0 Å². The number of nitrogens with zero attached hydrogens (tertiary/aromatic N) is 1. The average Bonchev–Trinajstić information content (AvgIpc) is 2.45. The molecular weight excluding hydrogens is 279 g/mol. The zero-order chi connectivity index (χ0) is 15.1. The smallest absolute Gasteiger partial charge is 0.240 e. The monoisotopic (exact) mass is 300 g/mol. The number of carbonyl (C=O) groups excluding carboxylic acids is 1. The molecule has 0 saturated carbocycles. The van der Waals surface area contributed by atoms with Crippen LogP contribution in [0.1, 0.15) is 31.7 Å². The van der Waals surface area contributed by atoms with Crippen LogP contribution < -0.4 is 5.73 Å². The van der Waals surface area contributed by atoms with Crippen LogP contribution in [0.25, 0.3) is 0 Å². The van der Waals surface area contributed by atoms with Gasteiger partial charge in [-0.2, -0.15) is 0 Å². The summed E-state index contributed by atoms with van der Waals surface area (Å²) in [5.41, 5.74) is 7.00. The summed E-state index contributed by atoms with van der Waals surface area (Å²) in [5.74, 6) is -0.342. The highest BCUT2D eigenvalue weighted by molar-refractivity contribution is 6.30. The molecule has 0 heterocycles. The van der Waals surface area contributed by atoms with Crippen LogP contribution in [0.3, 0.4) is 0 Å². The van der Waals surface area contributed by atoms with Crippen LogP contribution >= 0.6 is 11.6 Å². The number of hydrogen-bond acceptors (Lipinski definition) is 2. The van der Waals surface area contributed by atoms with Crippen LogP contribution in [0.2, 0.25) is 5.02 Å². The van der Waals surface area contributed by atoms with Crippen molar-refractivity contribution in [3.8, 4) is 0 Å². The molecule has 1 rings (SSSR count). The summed E-state index contributed by atoms with van der Waals surface area (Å²) in [6.45, 7) is 3.93. The highest BCUT2D eigenvalue weighted by atomic mass is 35.5. The van der Waals surface area contributed by atoms with Crippen LogP contribution in [0.15, 0.2) is 24.3 Å². The molecule has 0 aliphatic heterocycles. The average molecular weight is 301 g/mol. The molecule has 1 aromatic carbocycles. The minimum Gasteiger partial charge on any atom is -0.339 e. The Bertz CT molecular complexity index is 418. The van der Waals surface area contributed by atoms with E-state index in [0.717, 1.165) is 12.0 Å². The number of rotatable bonds is 7. The first-order chi connectivity index (χ1) is 9.51. The van der Waals surface area contributed by atoms with Crippen molar-refractivity contribution in [2.45, 2.75) is 32.2 Å². The molecule has 1 amide bonds. The van der Waals surface area contributed by atoms with Gasteiger partial charge in [-0.25, -0.2) is 4.39 Å². The Morgan fingerprint density at radius 3 is 2.45 bits per heavy atom. The molecule has 0 radical (unpaired) electrons. The van der Waals surface area contributed by atoms with Gasteiger partial charge in [-0.15, -0.1) is 0 Å².